The van der Waals surface area contributed by atoms with Gasteiger partial charge in [0.05, 0.1) is 0 Å². The van der Waals surface area contributed by atoms with Crippen molar-refractivity contribution in [3.05, 3.63) is 35.1 Å². The normalized spacial score (nSPS) is 14.5. The number of hydrogen-bond donors (Lipinski definition) is 3. The summed E-state index contributed by atoms with van der Waals surface area (Å²) < 4.78 is 0. The summed E-state index contributed by atoms with van der Waals surface area (Å²) in [5.74, 6) is 2.34. The molecule has 1 fully saturated rings. The SMILES string of the molecule is CCc1nc(NCCNC(=O)C(C)N(C)C(=O)/C=C/CN(C)C)cc(Nc2ncc(C3CCC3)s2)n1. The first-order valence-electron chi connectivity index (χ1n) is 12.5. The lowest BCUT2D eigenvalue weighted by Gasteiger charge is -2.23. The number of carbonyl (C=O) groups excluding carboxylic acids is 2. The highest BCUT2D eigenvalue weighted by Crippen LogP contribution is 2.40. The van der Waals surface area contributed by atoms with E-state index in [1.807, 2.05) is 38.2 Å². The van der Waals surface area contributed by atoms with Crippen molar-refractivity contribution in [2.45, 2.75) is 51.5 Å². The molecule has 2 heterocycles. The highest BCUT2D eigenvalue weighted by molar-refractivity contribution is 7.15. The maximum Gasteiger partial charge on any atom is 0.246 e. The lowest BCUT2D eigenvalue weighted by atomic mass is 9.85. The fraction of sp³-hybridized carbons (Fsp3) is 0.560. The molecule has 196 valence electrons. The van der Waals surface area contributed by atoms with Gasteiger partial charge in [0, 0.05) is 56.3 Å². The van der Waals surface area contributed by atoms with Crippen LogP contribution in [-0.4, -0.2) is 83.4 Å². The Balaban J connectivity index is 1.47. The largest absolute Gasteiger partial charge is 0.368 e. The van der Waals surface area contributed by atoms with Crippen LogP contribution in [0.1, 0.15) is 49.7 Å². The van der Waals surface area contributed by atoms with Gasteiger partial charge in [0.25, 0.3) is 0 Å². The number of aryl methyl sites for hydroxylation is 1. The number of nitrogens with one attached hydrogen (secondary N) is 3. The predicted molar refractivity (Wildman–Crippen MR) is 145 cm³/mol. The first-order chi connectivity index (χ1) is 17.3. The van der Waals surface area contributed by atoms with Gasteiger partial charge in [0.1, 0.15) is 23.5 Å². The topological polar surface area (TPSA) is 115 Å². The predicted octanol–water partition coefficient (Wildman–Crippen LogP) is 3.00. The summed E-state index contributed by atoms with van der Waals surface area (Å²) in [6, 6.07) is 1.27. The van der Waals surface area contributed by atoms with Crippen LogP contribution >= 0.6 is 11.3 Å². The van der Waals surface area contributed by atoms with E-state index in [-0.39, 0.29) is 11.8 Å². The van der Waals surface area contributed by atoms with E-state index in [0.29, 0.717) is 43.6 Å². The minimum Gasteiger partial charge on any atom is -0.368 e. The minimum absolute atomic E-state index is 0.203. The Morgan fingerprint density at radius 2 is 1.94 bits per heavy atom. The molecule has 0 aromatic carbocycles. The van der Waals surface area contributed by atoms with Crippen molar-refractivity contribution in [2.24, 2.45) is 0 Å². The molecular weight excluding hydrogens is 476 g/mol. The second-order valence-corrected chi connectivity index (χ2v) is 10.3. The summed E-state index contributed by atoms with van der Waals surface area (Å²) >= 11 is 1.68. The number of thiazole rings is 1. The molecule has 0 spiro atoms. The molecule has 0 radical (unpaired) electrons. The van der Waals surface area contributed by atoms with Crippen LogP contribution in [-0.2, 0) is 16.0 Å². The number of aromatic nitrogens is 3. The molecule has 0 bridgehead atoms. The fourth-order valence-corrected chi connectivity index (χ4v) is 4.51. The van der Waals surface area contributed by atoms with Crippen molar-refractivity contribution in [2.75, 3.05) is 51.4 Å². The van der Waals surface area contributed by atoms with Gasteiger partial charge in [0.15, 0.2) is 5.13 Å². The molecular formula is C25H38N8O2S. The van der Waals surface area contributed by atoms with E-state index >= 15 is 0 Å². The van der Waals surface area contributed by atoms with Gasteiger partial charge in [-0.3, -0.25) is 9.59 Å². The van der Waals surface area contributed by atoms with Crippen LogP contribution in [0.25, 0.3) is 0 Å². The van der Waals surface area contributed by atoms with E-state index in [2.05, 4.69) is 30.9 Å². The number of likely N-dealkylation sites (N-methyl/N-ethyl adjacent to an activating group) is 2. The molecule has 0 saturated heterocycles. The van der Waals surface area contributed by atoms with Crippen molar-refractivity contribution in [1.82, 2.24) is 30.1 Å². The molecule has 2 amide bonds. The lowest BCUT2D eigenvalue weighted by Crippen LogP contribution is -2.46. The van der Waals surface area contributed by atoms with Gasteiger partial charge in [0.2, 0.25) is 11.8 Å². The van der Waals surface area contributed by atoms with Crippen molar-refractivity contribution < 1.29 is 9.59 Å². The van der Waals surface area contributed by atoms with E-state index in [4.69, 9.17) is 0 Å². The van der Waals surface area contributed by atoms with Gasteiger partial charge in [-0.25, -0.2) is 15.0 Å². The van der Waals surface area contributed by atoms with Gasteiger partial charge in [-0.1, -0.05) is 19.4 Å². The maximum atomic E-state index is 12.5. The summed E-state index contributed by atoms with van der Waals surface area (Å²) in [4.78, 5) is 43.1. The molecule has 11 heteroatoms. The number of nitrogens with zero attached hydrogens (tertiary/aromatic N) is 5. The van der Waals surface area contributed by atoms with Crippen LogP contribution in [0.4, 0.5) is 16.8 Å². The minimum atomic E-state index is -0.578. The van der Waals surface area contributed by atoms with Gasteiger partial charge < -0.3 is 25.8 Å². The van der Waals surface area contributed by atoms with Crippen molar-refractivity contribution in [1.29, 1.82) is 0 Å². The van der Waals surface area contributed by atoms with E-state index < -0.39 is 6.04 Å². The van der Waals surface area contributed by atoms with E-state index in [9.17, 15) is 9.59 Å². The van der Waals surface area contributed by atoms with Gasteiger partial charge in [-0.2, -0.15) is 0 Å². The van der Waals surface area contributed by atoms with E-state index in [1.165, 1.54) is 35.1 Å². The average Bonchev–Trinajstić information content (AvgIpc) is 3.26. The van der Waals surface area contributed by atoms with E-state index in [0.717, 1.165) is 11.0 Å². The van der Waals surface area contributed by atoms with Crippen LogP contribution in [0.15, 0.2) is 24.4 Å². The number of amides is 2. The molecule has 1 unspecified atom stereocenters. The van der Waals surface area contributed by atoms with Gasteiger partial charge in [-0.05, 0) is 39.8 Å². The van der Waals surface area contributed by atoms with Gasteiger partial charge in [-0.15, -0.1) is 11.3 Å². The Kier molecular flexibility index (Phi) is 10.2. The van der Waals surface area contributed by atoms with Gasteiger partial charge >= 0.3 is 0 Å². The summed E-state index contributed by atoms with van der Waals surface area (Å²) in [7, 11) is 5.48. The summed E-state index contributed by atoms with van der Waals surface area (Å²) in [5, 5.41) is 10.3. The second-order valence-electron chi connectivity index (χ2n) is 9.24. The zero-order valence-corrected chi connectivity index (χ0v) is 22.7. The molecule has 1 saturated carbocycles. The Bertz CT molecular complexity index is 1050. The number of anilines is 3. The Morgan fingerprint density at radius 3 is 2.61 bits per heavy atom. The zero-order chi connectivity index (χ0) is 26.1. The zero-order valence-electron chi connectivity index (χ0n) is 21.9. The van der Waals surface area contributed by atoms with Crippen LogP contribution in [0.3, 0.4) is 0 Å². The fourth-order valence-electron chi connectivity index (χ4n) is 3.52. The lowest BCUT2D eigenvalue weighted by molar-refractivity contribution is -0.135. The summed E-state index contributed by atoms with van der Waals surface area (Å²) in [6.45, 7) is 5.27. The summed E-state index contributed by atoms with van der Waals surface area (Å²) in [5.41, 5.74) is 0. The molecule has 1 aliphatic rings. The molecule has 2 aromatic rings. The molecule has 2 aromatic heterocycles. The summed E-state index contributed by atoms with van der Waals surface area (Å²) in [6.07, 6.45) is 9.74. The first kappa shape index (κ1) is 27.5. The van der Waals surface area contributed by atoms with Crippen molar-refractivity contribution >= 4 is 39.9 Å². The maximum absolute atomic E-state index is 12.5. The third-order valence-electron chi connectivity index (χ3n) is 6.12. The number of carbonyl (C=O) groups is 2. The average molecular weight is 515 g/mol. The highest BCUT2D eigenvalue weighted by atomic mass is 32.1. The highest BCUT2D eigenvalue weighted by Gasteiger charge is 2.22. The van der Waals surface area contributed by atoms with Crippen LogP contribution in [0, 0.1) is 0 Å². The number of hydrogen-bond acceptors (Lipinski definition) is 9. The third-order valence-corrected chi connectivity index (χ3v) is 7.20. The quantitative estimate of drug-likeness (QED) is 0.276. The Morgan fingerprint density at radius 1 is 1.19 bits per heavy atom. The molecule has 1 atom stereocenters. The Labute approximate surface area is 217 Å². The third kappa shape index (κ3) is 7.99. The standard InChI is InChI=1S/C25H38N8O2S/c1-6-20-29-21(15-22(30-20)31-25-28-16-19(36-25)18-9-7-10-18)26-12-13-27-24(35)17(2)33(5)23(34)11-8-14-32(3)4/h8,11,15-18H,6-7,9-10,12-14H2,1-5H3,(H,27,35)(H2,26,28,29,30,31)/b11-8+. The van der Waals surface area contributed by atoms with Crippen LogP contribution in [0.2, 0.25) is 0 Å². The van der Waals surface area contributed by atoms with Crippen LogP contribution in [0.5, 0.6) is 0 Å². The Hall–Kier alpha value is -3.05. The van der Waals surface area contributed by atoms with Crippen LogP contribution < -0.4 is 16.0 Å². The molecule has 3 rings (SSSR count). The number of rotatable bonds is 13. The molecule has 0 aliphatic heterocycles. The van der Waals surface area contributed by atoms with Crippen molar-refractivity contribution in [3.8, 4) is 0 Å². The molecule has 1 aliphatic carbocycles. The van der Waals surface area contributed by atoms with Crippen molar-refractivity contribution in [3.63, 3.8) is 0 Å². The first-order valence-corrected chi connectivity index (χ1v) is 13.3. The van der Waals surface area contributed by atoms with E-state index in [1.54, 1.807) is 31.4 Å². The molecule has 36 heavy (non-hydrogen) atoms. The molecule has 3 N–H and O–H groups in total. The monoisotopic (exact) mass is 514 g/mol. The smallest absolute Gasteiger partial charge is 0.246 e. The second kappa shape index (κ2) is 13.3. The molecule has 10 nitrogen and oxygen atoms in total.